The van der Waals surface area contributed by atoms with Crippen LogP contribution >= 0.6 is 0 Å². The number of benzene rings is 3. The second kappa shape index (κ2) is 9.66. The molecule has 3 rings (SSSR count). The van der Waals surface area contributed by atoms with E-state index in [0.717, 1.165) is 5.69 Å². The van der Waals surface area contributed by atoms with Crippen molar-refractivity contribution >= 4 is 32.9 Å². The van der Waals surface area contributed by atoms with Gasteiger partial charge in [0.25, 0.3) is 5.91 Å². The number of anilines is 2. The number of Topliss-reactive ketones (excluding diaryl/α,β-unsaturated/α-hetero) is 1. The normalized spacial score (nSPS) is 12.2. The number of nitrogens with one attached hydrogen (secondary N) is 2. The van der Waals surface area contributed by atoms with Gasteiger partial charge in [0.2, 0.25) is 9.84 Å². The van der Waals surface area contributed by atoms with Crippen molar-refractivity contribution in [2.45, 2.75) is 56.9 Å². The highest BCUT2D eigenvalue weighted by molar-refractivity contribution is 7.91. The predicted molar refractivity (Wildman–Crippen MR) is 140 cm³/mol. The molecule has 7 heteroatoms. The van der Waals surface area contributed by atoms with Crippen LogP contribution in [0.3, 0.4) is 0 Å². The molecule has 0 spiro atoms. The molecular weight excluding hydrogens is 460 g/mol. The van der Waals surface area contributed by atoms with Gasteiger partial charge in [-0.25, -0.2) is 8.42 Å². The lowest BCUT2D eigenvalue weighted by atomic mass is 9.86. The third kappa shape index (κ3) is 6.57. The highest BCUT2D eigenvalue weighted by atomic mass is 32.2. The van der Waals surface area contributed by atoms with Crippen LogP contribution in [0, 0.1) is 5.41 Å². The summed E-state index contributed by atoms with van der Waals surface area (Å²) in [7, 11) is -3.69. The Kier molecular flexibility index (Phi) is 7.22. The Labute approximate surface area is 207 Å². The summed E-state index contributed by atoms with van der Waals surface area (Å²) in [5.41, 5.74) is 1.62. The predicted octanol–water partition coefficient (Wildman–Crippen LogP) is 6.21. The largest absolute Gasteiger partial charge is 0.380 e. The van der Waals surface area contributed by atoms with Crippen LogP contribution in [0.4, 0.5) is 11.4 Å². The Morgan fingerprint density at radius 1 is 0.629 bits per heavy atom. The molecule has 35 heavy (non-hydrogen) atoms. The van der Waals surface area contributed by atoms with Gasteiger partial charge in [-0.1, -0.05) is 32.9 Å². The fourth-order valence-corrected chi connectivity index (χ4v) is 4.67. The van der Waals surface area contributed by atoms with Crippen LogP contribution in [0.5, 0.6) is 0 Å². The average molecular weight is 493 g/mol. The summed E-state index contributed by atoms with van der Waals surface area (Å²) in [6.07, 6.45) is 0. The molecule has 0 fully saturated rings. The summed E-state index contributed by atoms with van der Waals surface area (Å²) < 4.78 is 26.0. The maximum Gasteiger partial charge on any atom is 0.255 e. The first kappa shape index (κ1) is 26.2. The lowest BCUT2D eigenvalue weighted by Gasteiger charge is -2.22. The Bertz CT molecular complexity index is 1310. The van der Waals surface area contributed by atoms with Crippen molar-refractivity contribution in [2.24, 2.45) is 5.41 Å². The molecule has 1 amide bonds. The zero-order chi connectivity index (χ0) is 26.0. The molecule has 0 aromatic heterocycles. The first-order valence-corrected chi connectivity index (χ1v) is 12.8. The quantitative estimate of drug-likeness (QED) is 0.399. The minimum absolute atomic E-state index is 0.00126. The molecule has 3 aromatic rings. The molecule has 0 aliphatic rings. The Balaban J connectivity index is 1.70. The van der Waals surface area contributed by atoms with Gasteiger partial charge in [0.15, 0.2) is 5.78 Å². The van der Waals surface area contributed by atoms with Gasteiger partial charge in [-0.3, -0.25) is 9.59 Å². The van der Waals surface area contributed by atoms with Gasteiger partial charge in [0.1, 0.15) is 0 Å². The number of amides is 1. The average Bonchev–Trinajstić information content (AvgIpc) is 2.77. The lowest BCUT2D eigenvalue weighted by molar-refractivity contribution is 0.0857. The van der Waals surface area contributed by atoms with Crippen molar-refractivity contribution in [1.82, 2.24) is 0 Å². The van der Waals surface area contributed by atoms with E-state index < -0.39 is 15.3 Å². The van der Waals surface area contributed by atoms with Crippen LogP contribution in [-0.2, 0) is 9.84 Å². The molecule has 6 nitrogen and oxygen atoms in total. The molecule has 0 radical (unpaired) electrons. The molecule has 0 aliphatic carbocycles. The monoisotopic (exact) mass is 492 g/mol. The first-order valence-electron chi connectivity index (χ1n) is 11.4. The van der Waals surface area contributed by atoms with E-state index in [4.69, 9.17) is 0 Å². The summed E-state index contributed by atoms with van der Waals surface area (Å²) in [4.78, 5) is 25.3. The van der Waals surface area contributed by atoms with Gasteiger partial charge in [0, 0.05) is 33.5 Å². The number of rotatable bonds is 6. The zero-order valence-electron chi connectivity index (χ0n) is 21.0. The van der Waals surface area contributed by atoms with Gasteiger partial charge < -0.3 is 10.6 Å². The fourth-order valence-electron chi connectivity index (χ4n) is 3.41. The third-order valence-electron chi connectivity index (χ3n) is 5.20. The van der Waals surface area contributed by atoms with Crippen LogP contribution in [0.2, 0.25) is 0 Å². The van der Waals surface area contributed by atoms with Gasteiger partial charge in [0.05, 0.1) is 9.79 Å². The Morgan fingerprint density at radius 3 is 1.49 bits per heavy atom. The number of carbonyl (C=O) groups is 2. The highest BCUT2D eigenvalue weighted by Crippen LogP contribution is 2.25. The van der Waals surface area contributed by atoms with E-state index in [1.54, 1.807) is 60.7 Å². The first-order chi connectivity index (χ1) is 16.2. The van der Waals surface area contributed by atoms with Crippen molar-refractivity contribution in [3.8, 4) is 0 Å². The topological polar surface area (TPSA) is 92.3 Å². The van der Waals surface area contributed by atoms with Crippen molar-refractivity contribution in [2.75, 3.05) is 10.6 Å². The number of sulfone groups is 1. The highest BCUT2D eigenvalue weighted by Gasteiger charge is 2.23. The molecule has 0 saturated carbocycles. The maximum atomic E-state index is 13.0. The van der Waals surface area contributed by atoms with Crippen molar-refractivity contribution < 1.29 is 18.0 Å². The van der Waals surface area contributed by atoms with Gasteiger partial charge >= 0.3 is 0 Å². The Hall–Kier alpha value is -3.45. The maximum absolute atomic E-state index is 13.0. The number of hydrogen-bond acceptors (Lipinski definition) is 5. The molecule has 0 bridgehead atoms. The second-order valence-electron chi connectivity index (χ2n) is 10.5. The van der Waals surface area contributed by atoms with Crippen molar-refractivity contribution in [3.05, 3.63) is 83.9 Å². The molecule has 3 aromatic carbocycles. The van der Waals surface area contributed by atoms with E-state index in [0.29, 0.717) is 16.8 Å². The van der Waals surface area contributed by atoms with Crippen LogP contribution in [0.25, 0.3) is 0 Å². The molecular formula is C28H32N2O4S. The van der Waals surface area contributed by atoms with Crippen LogP contribution in [-0.4, -0.2) is 25.6 Å². The van der Waals surface area contributed by atoms with E-state index >= 15 is 0 Å². The minimum Gasteiger partial charge on any atom is -0.380 e. The fraction of sp³-hybridized carbons (Fsp3) is 0.286. The molecule has 0 saturated heterocycles. The lowest BCUT2D eigenvalue weighted by Crippen LogP contribution is -2.25. The summed E-state index contributed by atoms with van der Waals surface area (Å²) in [5, 5.41) is 6.06. The van der Waals surface area contributed by atoms with Crippen LogP contribution in [0.15, 0.2) is 82.6 Å². The molecule has 184 valence electrons. The summed E-state index contributed by atoms with van der Waals surface area (Å²) >= 11 is 0. The van der Waals surface area contributed by atoms with E-state index in [-0.39, 0.29) is 27.0 Å². The number of ketones is 1. The van der Waals surface area contributed by atoms with E-state index in [2.05, 4.69) is 10.6 Å². The molecule has 0 aliphatic heterocycles. The summed E-state index contributed by atoms with van der Waals surface area (Å²) in [6, 6.07) is 19.2. The second-order valence-corrected chi connectivity index (χ2v) is 12.5. The van der Waals surface area contributed by atoms with Gasteiger partial charge in [-0.05, 0) is 81.4 Å². The SMILES string of the molecule is CC(C)(C)Nc1ccc(S(=O)(=O)c2ccc(NC(=O)c3ccc(C(=O)C(C)(C)C)cc3)cc2)cc1. The van der Waals surface area contributed by atoms with Crippen molar-refractivity contribution in [1.29, 1.82) is 0 Å². The van der Waals surface area contributed by atoms with Crippen LogP contribution in [0.1, 0.15) is 62.3 Å². The van der Waals surface area contributed by atoms with Gasteiger partial charge in [-0.15, -0.1) is 0 Å². The Morgan fingerprint density at radius 2 is 1.06 bits per heavy atom. The molecule has 2 N–H and O–H groups in total. The number of carbonyl (C=O) groups excluding carboxylic acids is 2. The molecule has 0 heterocycles. The molecule has 0 atom stereocenters. The van der Waals surface area contributed by atoms with E-state index in [1.807, 2.05) is 41.5 Å². The standard InChI is InChI=1S/C28H32N2O4S/c1-27(2,3)25(31)19-7-9-20(10-8-19)26(32)29-21-11-15-23(16-12-21)35(33,34)24-17-13-22(14-18-24)30-28(4,5)6/h7-18,30H,1-6H3,(H,29,32). The van der Waals surface area contributed by atoms with E-state index in [1.165, 1.54) is 12.1 Å². The van der Waals surface area contributed by atoms with E-state index in [9.17, 15) is 18.0 Å². The number of hydrogen-bond donors (Lipinski definition) is 2. The zero-order valence-corrected chi connectivity index (χ0v) is 21.8. The molecule has 0 unspecified atom stereocenters. The summed E-state index contributed by atoms with van der Waals surface area (Å²) in [5.74, 6) is -0.348. The summed E-state index contributed by atoms with van der Waals surface area (Å²) in [6.45, 7) is 11.6. The minimum atomic E-state index is -3.69. The van der Waals surface area contributed by atoms with Crippen LogP contribution < -0.4 is 10.6 Å². The van der Waals surface area contributed by atoms with Gasteiger partial charge in [-0.2, -0.15) is 0 Å². The van der Waals surface area contributed by atoms with Crippen molar-refractivity contribution in [3.63, 3.8) is 0 Å². The third-order valence-corrected chi connectivity index (χ3v) is 6.98. The smallest absolute Gasteiger partial charge is 0.255 e.